The Hall–Kier alpha value is -2.71. The summed E-state index contributed by atoms with van der Waals surface area (Å²) in [5.74, 6) is -0.121. The van der Waals surface area contributed by atoms with Gasteiger partial charge in [-0.05, 0) is 29.3 Å². The number of carbonyl (C=O) groups is 1. The van der Waals surface area contributed by atoms with Gasteiger partial charge in [0.2, 0.25) is 5.91 Å². The monoisotopic (exact) mass is 507 g/mol. The molecule has 4 nitrogen and oxygen atoms in total. The summed E-state index contributed by atoms with van der Waals surface area (Å²) in [6.07, 6.45) is 2.47. The van der Waals surface area contributed by atoms with Crippen molar-refractivity contribution in [3.05, 3.63) is 106 Å². The van der Waals surface area contributed by atoms with Gasteiger partial charge in [-0.2, -0.15) is 0 Å². The van der Waals surface area contributed by atoms with Crippen LogP contribution in [0.15, 0.2) is 89.4 Å². The maximum Gasteiger partial charge on any atom is 0.244 e. The van der Waals surface area contributed by atoms with E-state index in [9.17, 15) is 4.79 Å². The van der Waals surface area contributed by atoms with E-state index in [0.29, 0.717) is 11.6 Å². The number of hydrogen-bond donors (Lipinski definition) is 1. The molecule has 2 heterocycles. The zero-order valence-electron chi connectivity index (χ0n) is 17.3. The number of halogens is 1. The van der Waals surface area contributed by atoms with Gasteiger partial charge >= 0.3 is 0 Å². The highest BCUT2D eigenvalue weighted by Crippen LogP contribution is 2.40. The van der Waals surface area contributed by atoms with Crippen molar-refractivity contribution in [3.8, 4) is 0 Å². The number of amides is 1. The first kappa shape index (κ1) is 22.1. The number of para-hydroxylation sites is 1. The van der Waals surface area contributed by atoms with Gasteiger partial charge in [0.05, 0.1) is 10.2 Å². The molecule has 0 saturated carbocycles. The second-order valence-electron chi connectivity index (χ2n) is 7.25. The number of hydrogen-bond acceptors (Lipinski definition) is 6. The van der Waals surface area contributed by atoms with Gasteiger partial charge in [-0.3, -0.25) is 4.79 Å². The number of rotatable bonds is 7. The van der Waals surface area contributed by atoms with E-state index in [4.69, 9.17) is 16.6 Å². The third kappa shape index (κ3) is 5.28. The van der Waals surface area contributed by atoms with Gasteiger partial charge in [-0.1, -0.05) is 84.0 Å². The lowest BCUT2D eigenvalue weighted by Gasteiger charge is -2.14. The molecule has 0 radical (unpaired) electrons. The van der Waals surface area contributed by atoms with Gasteiger partial charge in [-0.15, -0.1) is 22.7 Å². The fourth-order valence-corrected chi connectivity index (χ4v) is 6.65. The normalized spacial score (nSPS) is 12.0. The van der Waals surface area contributed by atoms with Gasteiger partial charge in [-0.25, -0.2) is 9.97 Å². The average Bonchev–Trinajstić information content (AvgIpc) is 3.45. The van der Waals surface area contributed by atoms with Crippen LogP contribution in [-0.4, -0.2) is 15.9 Å². The van der Waals surface area contributed by atoms with Crippen molar-refractivity contribution in [1.29, 1.82) is 0 Å². The van der Waals surface area contributed by atoms with E-state index < -0.39 is 5.25 Å². The molecule has 0 aliphatic carbocycles. The first-order valence-corrected chi connectivity index (χ1v) is 13.1. The van der Waals surface area contributed by atoms with Gasteiger partial charge < -0.3 is 5.32 Å². The quantitative estimate of drug-likeness (QED) is 0.232. The zero-order valence-corrected chi connectivity index (χ0v) is 20.5. The third-order valence-corrected chi connectivity index (χ3v) is 8.61. The van der Waals surface area contributed by atoms with Crippen LogP contribution in [0.2, 0.25) is 5.02 Å². The zero-order chi connectivity index (χ0) is 22.6. The summed E-state index contributed by atoms with van der Waals surface area (Å²) in [6.45, 7) is 0. The first-order valence-electron chi connectivity index (χ1n) is 10.2. The highest BCUT2D eigenvalue weighted by molar-refractivity contribution is 8.02. The van der Waals surface area contributed by atoms with E-state index in [1.165, 1.54) is 23.1 Å². The lowest BCUT2D eigenvalue weighted by atomic mass is 10.1. The molecule has 0 unspecified atom stereocenters. The predicted octanol–water partition coefficient (Wildman–Crippen LogP) is 7.47. The average molecular weight is 508 g/mol. The van der Waals surface area contributed by atoms with E-state index in [1.54, 1.807) is 17.5 Å². The molecule has 164 valence electrons. The maximum absolute atomic E-state index is 13.3. The fourth-order valence-electron chi connectivity index (χ4n) is 3.35. The van der Waals surface area contributed by atoms with Crippen molar-refractivity contribution in [1.82, 2.24) is 9.97 Å². The summed E-state index contributed by atoms with van der Waals surface area (Å²) < 4.78 is 1.97. The largest absolute Gasteiger partial charge is 0.301 e. The number of anilines is 1. The minimum atomic E-state index is -0.442. The molecule has 1 N–H and O–H groups in total. The van der Waals surface area contributed by atoms with Crippen LogP contribution >= 0.6 is 46.0 Å². The SMILES string of the molecule is O=C(Nc1ncc(Cc2ccccc2Cl)s1)[C@H](Sc1nc2ccccc2s1)c1ccccc1. The first-order chi connectivity index (χ1) is 16.2. The number of benzene rings is 3. The van der Waals surface area contributed by atoms with E-state index >= 15 is 0 Å². The van der Waals surface area contributed by atoms with Gasteiger partial charge in [0.25, 0.3) is 0 Å². The second-order valence-corrected chi connectivity index (χ2v) is 11.2. The molecule has 1 amide bonds. The number of fused-ring (bicyclic) bond motifs is 1. The molecule has 8 heteroatoms. The number of nitrogens with zero attached hydrogens (tertiary/aromatic N) is 2. The molecule has 3 aromatic carbocycles. The van der Waals surface area contributed by atoms with Crippen LogP contribution < -0.4 is 5.32 Å². The minimum absolute atomic E-state index is 0.121. The minimum Gasteiger partial charge on any atom is -0.301 e. The lowest BCUT2D eigenvalue weighted by Crippen LogP contribution is -2.18. The molecule has 5 aromatic rings. The Kier molecular flexibility index (Phi) is 6.73. The molecule has 0 spiro atoms. The van der Waals surface area contributed by atoms with Crippen molar-refractivity contribution < 1.29 is 4.79 Å². The molecule has 0 aliphatic heterocycles. The third-order valence-electron chi connectivity index (χ3n) is 4.94. The van der Waals surface area contributed by atoms with E-state index in [-0.39, 0.29) is 5.91 Å². The second kappa shape index (κ2) is 10.1. The van der Waals surface area contributed by atoms with Crippen LogP contribution in [0.1, 0.15) is 21.3 Å². The van der Waals surface area contributed by atoms with Crippen molar-refractivity contribution in [3.63, 3.8) is 0 Å². The Morgan fingerprint density at radius 1 is 0.970 bits per heavy atom. The summed E-state index contributed by atoms with van der Waals surface area (Å²) in [4.78, 5) is 23.5. The molecule has 2 aromatic heterocycles. The highest BCUT2D eigenvalue weighted by Gasteiger charge is 2.24. The Bertz CT molecular complexity index is 1370. The summed E-state index contributed by atoms with van der Waals surface area (Å²) >= 11 is 10.8. The number of thiazole rings is 2. The Balaban J connectivity index is 1.35. The van der Waals surface area contributed by atoms with Crippen LogP contribution in [0.25, 0.3) is 10.2 Å². The maximum atomic E-state index is 13.3. The summed E-state index contributed by atoms with van der Waals surface area (Å²) in [6, 6.07) is 25.5. The molecule has 5 rings (SSSR count). The molecule has 0 aliphatic rings. The number of carbonyl (C=O) groups excluding carboxylic acids is 1. The van der Waals surface area contributed by atoms with E-state index in [2.05, 4.69) is 10.3 Å². The molecule has 33 heavy (non-hydrogen) atoms. The van der Waals surface area contributed by atoms with Crippen molar-refractivity contribution in [2.45, 2.75) is 16.0 Å². The topological polar surface area (TPSA) is 54.9 Å². The predicted molar refractivity (Wildman–Crippen MR) is 140 cm³/mol. The van der Waals surface area contributed by atoms with Gasteiger partial charge in [0.1, 0.15) is 5.25 Å². The standard InChI is InChI=1S/C25H18ClN3OS3/c26-19-11-5-4-10-17(19)14-18-15-27-24(31-18)29-23(30)22(16-8-2-1-3-9-16)33-25-28-20-12-6-7-13-21(20)32-25/h1-13,15,22H,14H2,(H,27,29,30)/t22-/m1/s1. The van der Waals surface area contributed by atoms with Crippen LogP contribution in [0, 0.1) is 0 Å². The summed E-state index contributed by atoms with van der Waals surface area (Å²) in [7, 11) is 0. The van der Waals surface area contributed by atoms with Gasteiger partial charge in [0, 0.05) is 22.5 Å². The van der Waals surface area contributed by atoms with Crippen molar-refractivity contribution in [2.75, 3.05) is 5.32 Å². The summed E-state index contributed by atoms with van der Waals surface area (Å²) in [5.41, 5.74) is 2.91. The smallest absolute Gasteiger partial charge is 0.244 e. The number of nitrogens with one attached hydrogen (secondary N) is 1. The number of aromatic nitrogens is 2. The highest BCUT2D eigenvalue weighted by atomic mass is 35.5. The molecular weight excluding hydrogens is 490 g/mol. The molecule has 1 atom stereocenters. The van der Waals surface area contributed by atoms with Crippen LogP contribution in [0.3, 0.4) is 0 Å². The molecule has 0 bridgehead atoms. The van der Waals surface area contributed by atoms with E-state index in [0.717, 1.165) is 35.6 Å². The van der Waals surface area contributed by atoms with Crippen molar-refractivity contribution in [2.24, 2.45) is 0 Å². The van der Waals surface area contributed by atoms with Crippen LogP contribution in [0.5, 0.6) is 0 Å². The van der Waals surface area contributed by atoms with Gasteiger partial charge in [0.15, 0.2) is 9.47 Å². The van der Waals surface area contributed by atoms with E-state index in [1.807, 2.05) is 78.9 Å². The Morgan fingerprint density at radius 3 is 2.55 bits per heavy atom. The Labute approximate surface area is 208 Å². The fraction of sp³-hybridized carbons (Fsp3) is 0.0800. The van der Waals surface area contributed by atoms with Crippen molar-refractivity contribution >= 4 is 67.3 Å². The summed E-state index contributed by atoms with van der Waals surface area (Å²) in [5, 5.41) is 3.87. The molecule has 0 saturated heterocycles. The van der Waals surface area contributed by atoms with Crippen LogP contribution in [-0.2, 0) is 11.2 Å². The number of thioether (sulfide) groups is 1. The molecule has 0 fully saturated rings. The molecular formula is C25H18ClN3OS3. The lowest BCUT2D eigenvalue weighted by molar-refractivity contribution is -0.115. The van der Waals surface area contributed by atoms with Crippen LogP contribution in [0.4, 0.5) is 5.13 Å². The Morgan fingerprint density at radius 2 is 1.73 bits per heavy atom.